The Morgan fingerprint density at radius 1 is 1.33 bits per heavy atom. The molecule has 0 bridgehead atoms. The largest absolute Gasteiger partial charge is 0.395 e. The van der Waals surface area contributed by atoms with Crippen molar-refractivity contribution in [1.29, 1.82) is 0 Å². The normalized spacial score (nSPS) is 10.6. The van der Waals surface area contributed by atoms with E-state index < -0.39 is 0 Å². The summed E-state index contributed by atoms with van der Waals surface area (Å²) in [6.45, 7) is 4.66. The highest BCUT2D eigenvalue weighted by molar-refractivity contribution is 5.74. The molecule has 0 aliphatic carbocycles. The first-order chi connectivity index (χ1) is 7.30. The lowest BCUT2D eigenvalue weighted by atomic mass is 10.1. The number of benzene rings is 1. The predicted molar refractivity (Wildman–Crippen MR) is 59.9 cm³/mol. The first-order valence-electron chi connectivity index (χ1n) is 5.17. The smallest absolute Gasteiger partial charge is 0.150 e. The molecule has 0 unspecified atom stereocenters. The summed E-state index contributed by atoms with van der Waals surface area (Å²) in [6.07, 6.45) is 0.842. The SMILES string of the molecule is CCN(CCO)Cc1ccc(C=O)cc1. The van der Waals surface area contributed by atoms with Crippen LogP contribution >= 0.6 is 0 Å². The summed E-state index contributed by atoms with van der Waals surface area (Å²) in [4.78, 5) is 12.6. The highest BCUT2D eigenvalue weighted by Crippen LogP contribution is 2.06. The average molecular weight is 207 g/mol. The van der Waals surface area contributed by atoms with Crippen molar-refractivity contribution in [1.82, 2.24) is 4.90 Å². The van der Waals surface area contributed by atoms with Gasteiger partial charge in [0.1, 0.15) is 6.29 Å². The zero-order valence-electron chi connectivity index (χ0n) is 9.02. The molecular formula is C12H17NO2. The zero-order chi connectivity index (χ0) is 11.1. The molecule has 82 valence electrons. The van der Waals surface area contributed by atoms with E-state index in [4.69, 9.17) is 5.11 Å². The van der Waals surface area contributed by atoms with Crippen molar-refractivity contribution in [2.24, 2.45) is 0 Å². The van der Waals surface area contributed by atoms with Crippen LogP contribution in [0, 0.1) is 0 Å². The van der Waals surface area contributed by atoms with Gasteiger partial charge in [-0.1, -0.05) is 31.2 Å². The van der Waals surface area contributed by atoms with Crippen molar-refractivity contribution in [2.45, 2.75) is 13.5 Å². The summed E-state index contributed by atoms with van der Waals surface area (Å²) < 4.78 is 0. The molecule has 0 spiro atoms. The van der Waals surface area contributed by atoms with Gasteiger partial charge in [0, 0.05) is 18.7 Å². The van der Waals surface area contributed by atoms with E-state index in [0.29, 0.717) is 12.1 Å². The van der Waals surface area contributed by atoms with Gasteiger partial charge in [-0.2, -0.15) is 0 Å². The minimum Gasteiger partial charge on any atom is -0.395 e. The van der Waals surface area contributed by atoms with Crippen LogP contribution in [0.1, 0.15) is 22.8 Å². The number of carbonyl (C=O) groups excluding carboxylic acids is 1. The molecule has 0 fully saturated rings. The van der Waals surface area contributed by atoms with Gasteiger partial charge in [-0.25, -0.2) is 0 Å². The second-order valence-corrected chi connectivity index (χ2v) is 3.45. The van der Waals surface area contributed by atoms with Crippen molar-refractivity contribution in [2.75, 3.05) is 19.7 Å². The van der Waals surface area contributed by atoms with E-state index in [1.165, 1.54) is 0 Å². The fourth-order valence-electron chi connectivity index (χ4n) is 1.45. The van der Waals surface area contributed by atoms with Crippen molar-refractivity contribution < 1.29 is 9.90 Å². The summed E-state index contributed by atoms with van der Waals surface area (Å²) >= 11 is 0. The number of aliphatic hydroxyl groups is 1. The van der Waals surface area contributed by atoms with E-state index in [0.717, 1.165) is 24.9 Å². The molecule has 0 saturated heterocycles. The van der Waals surface area contributed by atoms with Gasteiger partial charge in [0.2, 0.25) is 0 Å². The molecule has 0 radical (unpaired) electrons. The Bertz CT molecular complexity index is 295. The van der Waals surface area contributed by atoms with Crippen LogP contribution in [0.15, 0.2) is 24.3 Å². The number of likely N-dealkylation sites (N-methyl/N-ethyl adjacent to an activating group) is 1. The van der Waals surface area contributed by atoms with Crippen LogP contribution in [0.4, 0.5) is 0 Å². The van der Waals surface area contributed by atoms with Gasteiger partial charge in [0.15, 0.2) is 0 Å². The minimum atomic E-state index is 0.181. The number of rotatable bonds is 6. The molecule has 3 nitrogen and oxygen atoms in total. The molecule has 0 amide bonds. The Morgan fingerprint density at radius 3 is 2.47 bits per heavy atom. The maximum Gasteiger partial charge on any atom is 0.150 e. The van der Waals surface area contributed by atoms with E-state index in [1.807, 2.05) is 24.3 Å². The zero-order valence-corrected chi connectivity index (χ0v) is 9.02. The van der Waals surface area contributed by atoms with E-state index in [2.05, 4.69) is 11.8 Å². The third-order valence-corrected chi connectivity index (χ3v) is 2.39. The molecule has 0 saturated carbocycles. The number of hydrogen-bond donors (Lipinski definition) is 1. The second-order valence-electron chi connectivity index (χ2n) is 3.45. The van der Waals surface area contributed by atoms with Gasteiger partial charge in [-0.05, 0) is 12.1 Å². The first kappa shape index (κ1) is 11.9. The van der Waals surface area contributed by atoms with Crippen LogP contribution < -0.4 is 0 Å². The maximum atomic E-state index is 10.5. The fourth-order valence-corrected chi connectivity index (χ4v) is 1.45. The molecular weight excluding hydrogens is 190 g/mol. The highest BCUT2D eigenvalue weighted by atomic mass is 16.3. The standard InChI is InChI=1S/C12H17NO2/c1-2-13(7-8-14)9-11-3-5-12(10-15)6-4-11/h3-6,10,14H,2,7-9H2,1H3. The van der Waals surface area contributed by atoms with Crippen LogP contribution in [0.3, 0.4) is 0 Å². The number of aliphatic hydroxyl groups excluding tert-OH is 1. The quantitative estimate of drug-likeness (QED) is 0.715. The summed E-state index contributed by atoms with van der Waals surface area (Å²) in [5.74, 6) is 0. The minimum absolute atomic E-state index is 0.181. The Hall–Kier alpha value is -1.19. The second kappa shape index (κ2) is 6.32. The predicted octanol–water partition coefficient (Wildman–Crippen LogP) is 1.31. The van der Waals surface area contributed by atoms with Gasteiger partial charge in [0.05, 0.1) is 6.61 Å². The molecule has 1 rings (SSSR count). The van der Waals surface area contributed by atoms with Crippen molar-refractivity contribution in [3.05, 3.63) is 35.4 Å². The monoisotopic (exact) mass is 207 g/mol. The molecule has 1 aromatic carbocycles. The maximum absolute atomic E-state index is 10.5. The number of nitrogens with zero attached hydrogens (tertiary/aromatic N) is 1. The third kappa shape index (κ3) is 3.81. The van der Waals surface area contributed by atoms with Gasteiger partial charge >= 0.3 is 0 Å². The van der Waals surface area contributed by atoms with Gasteiger partial charge < -0.3 is 5.11 Å². The summed E-state index contributed by atoms with van der Waals surface area (Å²) in [5, 5.41) is 8.84. The summed E-state index contributed by atoms with van der Waals surface area (Å²) in [6, 6.07) is 7.53. The lowest BCUT2D eigenvalue weighted by Crippen LogP contribution is -2.26. The average Bonchev–Trinajstić information content (AvgIpc) is 2.29. The topological polar surface area (TPSA) is 40.5 Å². The van der Waals surface area contributed by atoms with E-state index in [1.54, 1.807) is 0 Å². The highest BCUT2D eigenvalue weighted by Gasteiger charge is 2.02. The van der Waals surface area contributed by atoms with E-state index in [9.17, 15) is 4.79 Å². The Balaban J connectivity index is 2.58. The molecule has 0 aliphatic rings. The van der Waals surface area contributed by atoms with Crippen LogP contribution in [0.25, 0.3) is 0 Å². The molecule has 3 heteroatoms. The summed E-state index contributed by atoms with van der Waals surface area (Å²) in [5.41, 5.74) is 1.86. The van der Waals surface area contributed by atoms with Crippen LogP contribution in [0.2, 0.25) is 0 Å². The molecule has 1 N–H and O–H groups in total. The van der Waals surface area contributed by atoms with Crippen LogP contribution in [-0.4, -0.2) is 36.0 Å². The van der Waals surface area contributed by atoms with E-state index in [-0.39, 0.29) is 6.61 Å². The Morgan fingerprint density at radius 2 is 2.00 bits per heavy atom. The molecule has 15 heavy (non-hydrogen) atoms. The third-order valence-electron chi connectivity index (χ3n) is 2.39. The van der Waals surface area contributed by atoms with Crippen molar-refractivity contribution in [3.8, 4) is 0 Å². The fraction of sp³-hybridized carbons (Fsp3) is 0.417. The van der Waals surface area contributed by atoms with Crippen LogP contribution in [0.5, 0.6) is 0 Å². The Kier molecular flexibility index (Phi) is 5.01. The molecule has 0 aliphatic heterocycles. The number of hydrogen-bond acceptors (Lipinski definition) is 3. The molecule has 1 aromatic rings. The van der Waals surface area contributed by atoms with Gasteiger partial charge in [-0.15, -0.1) is 0 Å². The number of aldehydes is 1. The van der Waals surface area contributed by atoms with E-state index >= 15 is 0 Å². The summed E-state index contributed by atoms with van der Waals surface area (Å²) in [7, 11) is 0. The van der Waals surface area contributed by atoms with Crippen LogP contribution in [-0.2, 0) is 6.54 Å². The first-order valence-corrected chi connectivity index (χ1v) is 5.17. The van der Waals surface area contributed by atoms with Crippen molar-refractivity contribution >= 4 is 6.29 Å². The van der Waals surface area contributed by atoms with Gasteiger partial charge in [-0.3, -0.25) is 9.69 Å². The molecule has 0 aromatic heterocycles. The lowest BCUT2D eigenvalue weighted by Gasteiger charge is -2.18. The lowest BCUT2D eigenvalue weighted by molar-refractivity contribution is 0.112. The molecule has 0 atom stereocenters. The Labute approximate surface area is 90.3 Å². The molecule has 0 heterocycles. The number of carbonyl (C=O) groups is 1. The van der Waals surface area contributed by atoms with Gasteiger partial charge in [0.25, 0.3) is 0 Å². The van der Waals surface area contributed by atoms with Crippen molar-refractivity contribution in [3.63, 3.8) is 0 Å².